The number of hydrogen-bond donors (Lipinski definition) is 1. The zero-order valence-electron chi connectivity index (χ0n) is 10.0. The molecule has 0 aromatic carbocycles. The molecule has 5 unspecified atom stereocenters. The molecule has 0 aromatic rings. The summed E-state index contributed by atoms with van der Waals surface area (Å²) >= 11 is 0. The molecule has 1 N–H and O–H groups in total. The van der Waals surface area contributed by atoms with Crippen molar-refractivity contribution in [3.05, 3.63) is 0 Å². The lowest BCUT2D eigenvalue weighted by atomic mass is 9.79. The van der Waals surface area contributed by atoms with Gasteiger partial charge in [-0.05, 0) is 38.0 Å². The van der Waals surface area contributed by atoms with Gasteiger partial charge in [0.25, 0.3) is 0 Å². The molecule has 1 aliphatic heterocycles. The molecule has 0 amide bonds. The fourth-order valence-electron chi connectivity index (χ4n) is 2.95. The number of fused-ring (bicyclic) bond motifs is 1. The summed E-state index contributed by atoms with van der Waals surface area (Å²) in [5, 5.41) is 4.34. The molecule has 5 atom stereocenters. The van der Waals surface area contributed by atoms with Crippen molar-refractivity contribution < 1.29 is 4.21 Å². The predicted octanol–water partition coefficient (Wildman–Crippen LogP) is 1.92. The van der Waals surface area contributed by atoms with E-state index >= 15 is 0 Å². The molecular formula is C12H23NOS. The molecule has 2 aliphatic rings. The highest BCUT2D eigenvalue weighted by Crippen LogP contribution is 2.35. The first kappa shape index (κ1) is 11.6. The van der Waals surface area contributed by atoms with Crippen LogP contribution in [0.3, 0.4) is 0 Å². The van der Waals surface area contributed by atoms with Gasteiger partial charge in [-0.15, -0.1) is 0 Å². The van der Waals surface area contributed by atoms with E-state index in [9.17, 15) is 4.21 Å². The van der Waals surface area contributed by atoms with Crippen molar-refractivity contribution in [3.63, 3.8) is 0 Å². The lowest BCUT2D eigenvalue weighted by molar-refractivity contribution is 0.238. The predicted molar refractivity (Wildman–Crippen MR) is 65.4 cm³/mol. The molecule has 15 heavy (non-hydrogen) atoms. The van der Waals surface area contributed by atoms with Gasteiger partial charge in [-0.1, -0.05) is 13.8 Å². The van der Waals surface area contributed by atoms with Gasteiger partial charge in [0.15, 0.2) is 0 Å². The summed E-state index contributed by atoms with van der Waals surface area (Å²) in [4.78, 5) is 0. The summed E-state index contributed by atoms with van der Waals surface area (Å²) in [6.45, 7) is 7.65. The first-order chi connectivity index (χ1) is 7.09. The molecular weight excluding hydrogens is 206 g/mol. The summed E-state index contributed by atoms with van der Waals surface area (Å²) in [6, 6.07) is 0.539. The lowest BCUT2D eigenvalue weighted by Crippen LogP contribution is -2.55. The second kappa shape index (κ2) is 4.54. The van der Waals surface area contributed by atoms with Crippen LogP contribution in [0, 0.1) is 11.8 Å². The molecule has 1 saturated carbocycles. The van der Waals surface area contributed by atoms with Crippen molar-refractivity contribution in [2.24, 2.45) is 11.8 Å². The SMILES string of the molecule is CC(C)C1CCC2NCC(C)S(=O)C2C1. The van der Waals surface area contributed by atoms with E-state index in [-0.39, 0.29) is 0 Å². The summed E-state index contributed by atoms with van der Waals surface area (Å²) in [6.07, 6.45) is 3.72. The third kappa shape index (κ3) is 2.28. The van der Waals surface area contributed by atoms with Crippen LogP contribution in [0.25, 0.3) is 0 Å². The van der Waals surface area contributed by atoms with Crippen LogP contribution in [0.1, 0.15) is 40.0 Å². The van der Waals surface area contributed by atoms with Gasteiger partial charge < -0.3 is 5.32 Å². The molecule has 0 aromatic heterocycles. The van der Waals surface area contributed by atoms with Crippen molar-refractivity contribution in [1.29, 1.82) is 0 Å². The van der Waals surface area contributed by atoms with Crippen LogP contribution in [0.4, 0.5) is 0 Å². The normalized spacial score (nSPS) is 46.5. The fraction of sp³-hybridized carbons (Fsp3) is 1.00. The van der Waals surface area contributed by atoms with Gasteiger partial charge in [0, 0.05) is 28.6 Å². The van der Waals surface area contributed by atoms with Crippen molar-refractivity contribution >= 4 is 10.8 Å². The van der Waals surface area contributed by atoms with E-state index in [1.54, 1.807) is 0 Å². The van der Waals surface area contributed by atoms with Gasteiger partial charge in [0.1, 0.15) is 0 Å². The number of rotatable bonds is 1. The molecule has 2 rings (SSSR count). The third-order valence-corrected chi connectivity index (χ3v) is 6.22. The largest absolute Gasteiger partial charge is 0.312 e. The highest BCUT2D eigenvalue weighted by Gasteiger charge is 2.39. The van der Waals surface area contributed by atoms with E-state index < -0.39 is 10.8 Å². The molecule has 2 fully saturated rings. The monoisotopic (exact) mass is 229 g/mol. The Labute approximate surface area is 95.7 Å². The maximum Gasteiger partial charge on any atom is 0.0507 e. The minimum atomic E-state index is -0.601. The quantitative estimate of drug-likeness (QED) is 0.744. The minimum absolute atomic E-state index is 0.345. The highest BCUT2D eigenvalue weighted by atomic mass is 32.2. The van der Waals surface area contributed by atoms with Crippen LogP contribution < -0.4 is 5.32 Å². The summed E-state index contributed by atoms with van der Waals surface area (Å²) in [7, 11) is -0.601. The van der Waals surface area contributed by atoms with E-state index in [1.165, 1.54) is 19.3 Å². The molecule has 0 radical (unpaired) electrons. The Morgan fingerprint density at radius 1 is 1.33 bits per heavy atom. The molecule has 1 saturated heterocycles. The van der Waals surface area contributed by atoms with Gasteiger partial charge >= 0.3 is 0 Å². The van der Waals surface area contributed by atoms with Gasteiger partial charge in [0.2, 0.25) is 0 Å². The Morgan fingerprint density at radius 3 is 2.73 bits per heavy atom. The van der Waals surface area contributed by atoms with Crippen LogP contribution in [0.2, 0.25) is 0 Å². The topological polar surface area (TPSA) is 29.1 Å². The molecule has 0 spiro atoms. The second-order valence-corrected chi connectivity index (χ2v) is 7.58. The third-order valence-electron chi connectivity index (χ3n) is 4.14. The minimum Gasteiger partial charge on any atom is -0.312 e. The Morgan fingerprint density at radius 2 is 2.07 bits per heavy atom. The second-order valence-electron chi connectivity index (χ2n) is 5.51. The Hall–Kier alpha value is 0.110. The maximum atomic E-state index is 12.2. The van der Waals surface area contributed by atoms with Crippen LogP contribution in [0.5, 0.6) is 0 Å². The molecule has 2 nitrogen and oxygen atoms in total. The smallest absolute Gasteiger partial charge is 0.0507 e. The van der Waals surface area contributed by atoms with Gasteiger partial charge in [-0.25, -0.2) is 0 Å². The van der Waals surface area contributed by atoms with Crippen LogP contribution in [-0.4, -0.2) is 27.3 Å². The van der Waals surface area contributed by atoms with Gasteiger partial charge in [-0.3, -0.25) is 4.21 Å². The van der Waals surface area contributed by atoms with E-state index in [0.717, 1.165) is 18.4 Å². The van der Waals surface area contributed by atoms with Gasteiger partial charge in [-0.2, -0.15) is 0 Å². The van der Waals surface area contributed by atoms with Crippen molar-refractivity contribution in [1.82, 2.24) is 5.32 Å². The van der Waals surface area contributed by atoms with Crippen LogP contribution in [-0.2, 0) is 10.8 Å². The standard InChI is InChI=1S/C12H23NOS/c1-8(2)10-4-5-11-12(6-10)15(14)9(3)7-13-11/h8-13H,4-7H2,1-3H3. The first-order valence-electron chi connectivity index (χ1n) is 6.22. The van der Waals surface area contributed by atoms with Crippen LogP contribution >= 0.6 is 0 Å². The Bertz CT molecular complexity index is 254. The lowest BCUT2D eigenvalue weighted by Gasteiger charge is -2.42. The van der Waals surface area contributed by atoms with E-state index in [0.29, 0.717) is 16.5 Å². The maximum absolute atomic E-state index is 12.2. The summed E-state index contributed by atoms with van der Waals surface area (Å²) in [5.74, 6) is 1.54. The van der Waals surface area contributed by atoms with Gasteiger partial charge in [0.05, 0.1) is 5.25 Å². The van der Waals surface area contributed by atoms with Crippen molar-refractivity contribution in [2.45, 2.75) is 56.6 Å². The summed E-state index contributed by atoms with van der Waals surface area (Å²) < 4.78 is 12.2. The number of hydrogen-bond acceptors (Lipinski definition) is 2. The zero-order valence-corrected chi connectivity index (χ0v) is 10.8. The van der Waals surface area contributed by atoms with Crippen LogP contribution in [0.15, 0.2) is 0 Å². The molecule has 88 valence electrons. The molecule has 1 aliphatic carbocycles. The Kier molecular flexibility index (Phi) is 3.51. The molecule has 1 heterocycles. The van der Waals surface area contributed by atoms with E-state index in [4.69, 9.17) is 0 Å². The van der Waals surface area contributed by atoms with Crippen molar-refractivity contribution in [2.75, 3.05) is 6.54 Å². The summed E-state index contributed by atoms with van der Waals surface area (Å²) in [5.41, 5.74) is 0. The van der Waals surface area contributed by atoms with Crippen molar-refractivity contribution in [3.8, 4) is 0 Å². The average molecular weight is 229 g/mol. The zero-order chi connectivity index (χ0) is 11.0. The van der Waals surface area contributed by atoms with E-state index in [2.05, 4.69) is 26.1 Å². The molecule has 0 bridgehead atoms. The average Bonchev–Trinajstić information content (AvgIpc) is 2.23. The fourth-order valence-corrected chi connectivity index (χ4v) is 4.80. The Balaban J connectivity index is 2.05. The highest BCUT2D eigenvalue weighted by molar-refractivity contribution is 7.86. The van der Waals surface area contributed by atoms with E-state index in [1.807, 2.05) is 0 Å². The first-order valence-corrected chi connectivity index (χ1v) is 7.50. The number of nitrogens with one attached hydrogen (secondary N) is 1. The molecule has 3 heteroatoms.